The number of ketones is 1. The lowest BCUT2D eigenvalue weighted by Crippen LogP contribution is -2.37. The summed E-state index contributed by atoms with van der Waals surface area (Å²) in [6, 6.07) is 2.13. The molecule has 4 N–H and O–H groups in total. The number of hydrogen-bond donors (Lipinski definition) is 3. The van der Waals surface area contributed by atoms with Gasteiger partial charge in [0.1, 0.15) is 12.0 Å². The van der Waals surface area contributed by atoms with Crippen LogP contribution in [0.2, 0.25) is 0 Å². The van der Waals surface area contributed by atoms with E-state index in [2.05, 4.69) is 0 Å². The van der Waals surface area contributed by atoms with Gasteiger partial charge in [-0.05, 0) is 29.5 Å². The van der Waals surface area contributed by atoms with Crippen LogP contribution in [0.5, 0.6) is 0 Å². The Morgan fingerprint density at radius 1 is 1.20 bits per heavy atom. The fraction of sp³-hybridized carbons (Fsp3) is 0.357. The molecule has 0 bridgehead atoms. The van der Waals surface area contributed by atoms with Crippen LogP contribution in [0, 0.1) is 5.92 Å². The van der Waals surface area contributed by atoms with E-state index in [-0.39, 0.29) is 0 Å². The van der Waals surface area contributed by atoms with E-state index >= 15 is 0 Å². The molecule has 1 aromatic carbocycles. The number of carboxylic acids is 2. The smallest absolute Gasteiger partial charge is 0.320 e. The maximum absolute atomic E-state index is 12.3. The van der Waals surface area contributed by atoms with Crippen LogP contribution in [-0.4, -0.2) is 34.0 Å². The molecular formula is C14H13NO5. The SMILES string of the molecule is N[C@@H](CC(C(=O)O)C(=O)c1ccc2c3c1C3C2)C(=O)O. The molecule has 0 heterocycles. The van der Waals surface area contributed by atoms with E-state index < -0.39 is 36.1 Å². The molecule has 0 amide bonds. The van der Waals surface area contributed by atoms with Crippen LogP contribution < -0.4 is 5.73 Å². The third kappa shape index (κ3) is 1.72. The molecule has 104 valence electrons. The minimum atomic E-state index is -1.41. The van der Waals surface area contributed by atoms with Crippen LogP contribution in [0.3, 0.4) is 0 Å². The highest BCUT2D eigenvalue weighted by Gasteiger charge is 2.48. The Morgan fingerprint density at radius 3 is 2.50 bits per heavy atom. The number of hydrogen-bond acceptors (Lipinski definition) is 4. The zero-order valence-electron chi connectivity index (χ0n) is 10.5. The molecule has 0 aromatic heterocycles. The van der Waals surface area contributed by atoms with Crippen LogP contribution in [0.4, 0.5) is 0 Å². The average molecular weight is 275 g/mol. The van der Waals surface area contributed by atoms with E-state index in [1.54, 1.807) is 6.07 Å². The number of fused-ring (bicyclic) bond motifs is 1. The Hall–Kier alpha value is -2.21. The van der Waals surface area contributed by atoms with Gasteiger partial charge in [-0.1, -0.05) is 12.1 Å². The molecule has 3 atom stereocenters. The topological polar surface area (TPSA) is 118 Å². The highest BCUT2D eigenvalue weighted by atomic mass is 16.4. The van der Waals surface area contributed by atoms with Crippen LogP contribution in [0.25, 0.3) is 0 Å². The molecule has 2 unspecified atom stereocenters. The number of benzene rings is 1. The van der Waals surface area contributed by atoms with Crippen LogP contribution in [0.15, 0.2) is 12.1 Å². The van der Waals surface area contributed by atoms with Crippen molar-refractivity contribution < 1.29 is 24.6 Å². The summed E-state index contributed by atoms with van der Waals surface area (Å²) in [7, 11) is 0. The van der Waals surface area contributed by atoms with E-state index in [0.29, 0.717) is 11.5 Å². The largest absolute Gasteiger partial charge is 0.481 e. The van der Waals surface area contributed by atoms with Crippen molar-refractivity contribution in [1.29, 1.82) is 0 Å². The summed E-state index contributed by atoms with van der Waals surface area (Å²) in [5.74, 6) is -4.27. The summed E-state index contributed by atoms with van der Waals surface area (Å²) in [4.78, 5) is 34.3. The zero-order valence-corrected chi connectivity index (χ0v) is 10.5. The van der Waals surface area contributed by atoms with Crippen LogP contribution >= 0.6 is 0 Å². The van der Waals surface area contributed by atoms with Gasteiger partial charge in [0.25, 0.3) is 0 Å². The van der Waals surface area contributed by atoms with E-state index in [9.17, 15) is 14.4 Å². The van der Waals surface area contributed by atoms with Crippen LogP contribution in [0.1, 0.15) is 39.4 Å². The Kier molecular flexibility index (Phi) is 2.65. The monoisotopic (exact) mass is 275 g/mol. The lowest BCUT2D eigenvalue weighted by atomic mass is 9.91. The van der Waals surface area contributed by atoms with E-state index in [1.807, 2.05) is 6.07 Å². The van der Waals surface area contributed by atoms with Gasteiger partial charge >= 0.3 is 11.9 Å². The second-order valence-electron chi connectivity index (χ2n) is 5.29. The number of carboxylic acid groups (broad SMARTS) is 2. The Morgan fingerprint density at radius 2 is 1.90 bits per heavy atom. The highest BCUT2D eigenvalue weighted by molar-refractivity contribution is 6.11. The average Bonchev–Trinajstić information content (AvgIpc) is 3.02. The summed E-state index contributed by atoms with van der Waals surface area (Å²) < 4.78 is 0. The molecule has 0 radical (unpaired) electrons. The molecular weight excluding hydrogens is 262 g/mol. The summed E-state index contributed by atoms with van der Waals surface area (Å²) in [6.07, 6.45) is 0.523. The molecule has 20 heavy (non-hydrogen) atoms. The van der Waals surface area contributed by atoms with Crippen molar-refractivity contribution >= 4 is 17.7 Å². The molecule has 0 saturated carbocycles. The van der Waals surface area contributed by atoms with Crippen molar-refractivity contribution in [3.63, 3.8) is 0 Å². The summed E-state index contributed by atoms with van der Waals surface area (Å²) >= 11 is 0. The molecule has 0 fully saturated rings. The van der Waals surface area contributed by atoms with E-state index in [0.717, 1.165) is 12.0 Å². The molecule has 0 spiro atoms. The Balaban J connectivity index is 1.84. The van der Waals surface area contributed by atoms with Gasteiger partial charge < -0.3 is 15.9 Å². The second-order valence-corrected chi connectivity index (χ2v) is 5.29. The molecule has 6 heteroatoms. The number of aliphatic carboxylic acids is 2. The summed E-state index contributed by atoms with van der Waals surface area (Å²) in [5, 5.41) is 17.9. The minimum absolute atomic E-state index is 0.321. The second kappa shape index (κ2) is 4.14. The van der Waals surface area contributed by atoms with Crippen molar-refractivity contribution in [3.8, 4) is 0 Å². The van der Waals surface area contributed by atoms with E-state index in [1.165, 1.54) is 11.1 Å². The predicted molar refractivity (Wildman–Crippen MR) is 67.7 cm³/mol. The van der Waals surface area contributed by atoms with Gasteiger partial charge in [-0.3, -0.25) is 14.4 Å². The molecule has 6 nitrogen and oxygen atoms in total. The number of Topliss-reactive ketones (excluding diaryl/α,β-unsaturated/α-hetero) is 1. The van der Waals surface area contributed by atoms with Gasteiger partial charge in [-0.25, -0.2) is 0 Å². The van der Waals surface area contributed by atoms with Crippen molar-refractivity contribution in [2.75, 3.05) is 0 Å². The molecule has 3 rings (SSSR count). The van der Waals surface area contributed by atoms with Gasteiger partial charge in [-0.2, -0.15) is 0 Å². The molecule has 2 aliphatic rings. The Labute approximate surface area is 114 Å². The maximum atomic E-state index is 12.3. The fourth-order valence-electron chi connectivity index (χ4n) is 2.91. The van der Waals surface area contributed by atoms with E-state index in [4.69, 9.17) is 15.9 Å². The van der Waals surface area contributed by atoms with Gasteiger partial charge in [0.05, 0.1) is 0 Å². The van der Waals surface area contributed by atoms with Gasteiger partial charge in [0.15, 0.2) is 5.78 Å². The van der Waals surface area contributed by atoms with Crippen molar-refractivity contribution in [1.82, 2.24) is 0 Å². The van der Waals surface area contributed by atoms with Gasteiger partial charge in [-0.15, -0.1) is 0 Å². The first-order valence-electron chi connectivity index (χ1n) is 6.33. The number of nitrogens with two attached hydrogens (primary N) is 1. The molecule has 2 aliphatic carbocycles. The summed E-state index contributed by atoms with van der Waals surface area (Å²) in [5.41, 5.74) is 9.09. The van der Waals surface area contributed by atoms with Crippen molar-refractivity contribution in [2.24, 2.45) is 11.7 Å². The Bertz CT molecular complexity index is 651. The maximum Gasteiger partial charge on any atom is 0.320 e. The first kappa shape index (κ1) is 12.8. The van der Waals surface area contributed by atoms with Gasteiger partial charge in [0.2, 0.25) is 0 Å². The van der Waals surface area contributed by atoms with Gasteiger partial charge in [0, 0.05) is 11.5 Å². The standard InChI is InChI=1S/C14H13NO5/c15-9(14(19)20)4-8(13(17)18)12(16)6-2-1-5-3-7-10(5)11(6)7/h1-2,7-9H,3-4,15H2,(H,17,18)(H,19,20)/t7?,8?,9-/m0/s1. The first-order chi connectivity index (χ1) is 9.41. The first-order valence-corrected chi connectivity index (χ1v) is 6.33. The lowest BCUT2D eigenvalue weighted by molar-refractivity contribution is -0.142. The van der Waals surface area contributed by atoms with Crippen LogP contribution in [-0.2, 0) is 16.0 Å². The number of rotatable bonds is 6. The molecule has 0 aliphatic heterocycles. The number of carbonyl (C=O) groups excluding carboxylic acids is 1. The molecule has 0 saturated heterocycles. The number of carbonyl (C=O) groups is 3. The minimum Gasteiger partial charge on any atom is -0.481 e. The predicted octanol–water partition coefficient (Wildman–Crippen LogP) is 0.373. The third-order valence-corrected chi connectivity index (χ3v) is 4.10. The fourth-order valence-corrected chi connectivity index (χ4v) is 2.91. The van der Waals surface area contributed by atoms with Crippen molar-refractivity contribution in [2.45, 2.75) is 24.8 Å². The highest BCUT2D eigenvalue weighted by Crippen LogP contribution is 2.58. The zero-order chi connectivity index (χ0) is 14.6. The summed E-state index contributed by atoms with van der Waals surface area (Å²) in [6.45, 7) is 0. The lowest BCUT2D eigenvalue weighted by Gasteiger charge is -2.13. The van der Waals surface area contributed by atoms with Crippen molar-refractivity contribution in [3.05, 3.63) is 34.4 Å². The molecule has 1 aromatic rings. The quantitative estimate of drug-likeness (QED) is 0.510. The third-order valence-electron chi connectivity index (χ3n) is 4.10. The normalized spacial score (nSPS) is 20.4.